The van der Waals surface area contributed by atoms with Crippen molar-refractivity contribution < 1.29 is 9.53 Å². The number of hydrogen-bond acceptors (Lipinski definition) is 8. The first-order valence-corrected chi connectivity index (χ1v) is 16.5. The smallest absolute Gasteiger partial charge is 0.410 e. The van der Waals surface area contributed by atoms with Gasteiger partial charge in [-0.05, 0) is 57.7 Å². The number of anilines is 1. The van der Waals surface area contributed by atoms with E-state index in [-0.39, 0.29) is 11.5 Å². The van der Waals surface area contributed by atoms with E-state index in [4.69, 9.17) is 4.74 Å². The van der Waals surface area contributed by atoms with Crippen LogP contribution in [-0.2, 0) is 11.2 Å². The fraction of sp³-hybridized carbons (Fsp3) is 0.647. The van der Waals surface area contributed by atoms with Gasteiger partial charge < -0.3 is 19.4 Å². The van der Waals surface area contributed by atoms with E-state index in [0.29, 0.717) is 12.0 Å². The summed E-state index contributed by atoms with van der Waals surface area (Å²) in [5.74, 6) is 1.57. The Morgan fingerprint density at radius 3 is 2.50 bits per heavy atom. The number of carbonyl (C=O) groups is 1. The monoisotopic (exact) mass is 604 g/mol. The third-order valence-corrected chi connectivity index (χ3v) is 8.78. The molecule has 1 unspecified atom stereocenters. The van der Waals surface area contributed by atoms with E-state index in [9.17, 15) is 4.79 Å². The number of aromatic nitrogens is 4. The first-order valence-electron chi connectivity index (χ1n) is 16.5. The van der Waals surface area contributed by atoms with Crippen molar-refractivity contribution in [2.45, 2.75) is 73.5 Å². The Labute approximate surface area is 263 Å². The van der Waals surface area contributed by atoms with Crippen molar-refractivity contribution in [1.29, 1.82) is 0 Å². The molecule has 3 aliphatic heterocycles. The van der Waals surface area contributed by atoms with E-state index < -0.39 is 5.60 Å². The number of benzene rings is 1. The Kier molecular flexibility index (Phi) is 9.51. The highest BCUT2D eigenvalue weighted by Crippen LogP contribution is 2.40. The van der Waals surface area contributed by atoms with Crippen molar-refractivity contribution in [1.82, 2.24) is 34.9 Å². The molecule has 0 bridgehead atoms. The topological polar surface area (TPSA) is 93.7 Å². The average molecular weight is 605 g/mol. The number of fused-ring (bicyclic) bond motifs is 1. The van der Waals surface area contributed by atoms with Gasteiger partial charge in [-0.2, -0.15) is 5.10 Å². The molecule has 1 N–H and O–H groups in total. The summed E-state index contributed by atoms with van der Waals surface area (Å²) in [5, 5.41) is 8.92. The van der Waals surface area contributed by atoms with E-state index in [1.165, 1.54) is 5.56 Å². The molecule has 1 amide bonds. The van der Waals surface area contributed by atoms with Crippen LogP contribution in [0, 0.1) is 11.3 Å². The largest absolute Gasteiger partial charge is 0.444 e. The van der Waals surface area contributed by atoms with E-state index in [2.05, 4.69) is 79.9 Å². The van der Waals surface area contributed by atoms with Crippen LogP contribution in [0.5, 0.6) is 0 Å². The fourth-order valence-electron chi connectivity index (χ4n) is 6.79. The number of likely N-dealkylation sites (tertiary alicyclic amines) is 2. The predicted molar refractivity (Wildman–Crippen MR) is 177 cm³/mol. The zero-order valence-electron chi connectivity index (χ0n) is 28.1. The van der Waals surface area contributed by atoms with Crippen molar-refractivity contribution in [3.05, 3.63) is 36.2 Å². The van der Waals surface area contributed by atoms with Crippen LogP contribution in [0.4, 0.5) is 10.6 Å². The normalized spacial score (nSPS) is 20.3. The molecule has 1 atom stereocenters. The Morgan fingerprint density at radius 1 is 1.07 bits per heavy atom. The molecule has 0 radical (unpaired) electrons. The van der Waals surface area contributed by atoms with Gasteiger partial charge in [0.2, 0.25) is 0 Å². The van der Waals surface area contributed by atoms with Crippen molar-refractivity contribution in [3.63, 3.8) is 0 Å². The molecule has 240 valence electrons. The van der Waals surface area contributed by atoms with Crippen LogP contribution < -0.4 is 4.90 Å². The van der Waals surface area contributed by atoms with Crippen LogP contribution >= 0.6 is 0 Å². The summed E-state index contributed by atoms with van der Waals surface area (Å²) >= 11 is 0. The summed E-state index contributed by atoms with van der Waals surface area (Å²) in [5.41, 5.74) is 3.94. The Balaban J connectivity index is 0.00000188. The van der Waals surface area contributed by atoms with Crippen LogP contribution in [0.15, 0.2) is 30.6 Å². The highest BCUT2D eigenvalue weighted by molar-refractivity contribution is 5.92. The van der Waals surface area contributed by atoms with Crippen LogP contribution in [0.25, 0.3) is 22.3 Å². The van der Waals surface area contributed by atoms with Crippen LogP contribution in [0.2, 0.25) is 0 Å². The summed E-state index contributed by atoms with van der Waals surface area (Å²) in [4.78, 5) is 30.9. The number of hydrogen-bond donors (Lipinski definition) is 1. The Morgan fingerprint density at radius 2 is 1.82 bits per heavy atom. The van der Waals surface area contributed by atoms with Gasteiger partial charge in [-0.3, -0.25) is 10.00 Å². The number of nitrogens with zero attached hydrogens (tertiary/aromatic N) is 7. The molecule has 0 aliphatic carbocycles. The van der Waals surface area contributed by atoms with E-state index in [0.717, 1.165) is 93.4 Å². The summed E-state index contributed by atoms with van der Waals surface area (Å²) in [7, 11) is 0. The molecule has 3 saturated heterocycles. The highest BCUT2D eigenvalue weighted by Gasteiger charge is 2.53. The Hall–Kier alpha value is -3.24. The van der Waals surface area contributed by atoms with Gasteiger partial charge in [0.25, 0.3) is 0 Å². The Bertz CT molecular complexity index is 1420. The molecule has 6 rings (SSSR count). The maximum absolute atomic E-state index is 12.3. The summed E-state index contributed by atoms with van der Waals surface area (Å²) in [6, 6.07) is 9.08. The molecule has 1 spiro atoms. The van der Waals surface area contributed by atoms with Crippen molar-refractivity contribution in [3.8, 4) is 11.4 Å². The van der Waals surface area contributed by atoms with Crippen molar-refractivity contribution >= 4 is 22.8 Å². The lowest BCUT2D eigenvalue weighted by Crippen LogP contribution is -2.73. The number of rotatable bonds is 7. The molecule has 44 heavy (non-hydrogen) atoms. The van der Waals surface area contributed by atoms with Crippen molar-refractivity contribution in [2.75, 3.05) is 63.8 Å². The second-order valence-corrected chi connectivity index (χ2v) is 14.2. The molecule has 3 aliphatic rings. The minimum absolute atomic E-state index is 0.178. The molecule has 3 fully saturated rings. The standard InChI is InChI=1S/C32H46N8O2.C2H6/c1-22(2)13-24-7-8-26-25(14-24)29(36-35-26)27-15-28(34-21-33-27)39-12-11-38(23(3)16-39)10-9-37-17-32(18-37)19-40(20-32)30(41)42-31(4,5)6;1-2/h7-8,14-15,21-23H,9-13,16-20H2,1-6H3,(H,35,36);1-2H3. The second kappa shape index (κ2) is 13.0. The fourth-order valence-corrected chi connectivity index (χ4v) is 6.79. The van der Waals surface area contributed by atoms with Gasteiger partial charge in [0, 0.05) is 81.8 Å². The molecule has 10 heteroatoms. The highest BCUT2D eigenvalue weighted by atomic mass is 16.6. The summed E-state index contributed by atoms with van der Waals surface area (Å²) < 4.78 is 5.52. The van der Waals surface area contributed by atoms with Gasteiger partial charge in [0.1, 0.15) is 23.4 Å². The van der Waals surface area contributed by atoms with Gasteiger partial charge in [0.05, 0.1) is 11.2 Å². The minimum Gasteiger partial charge on any atom is -0.444 e. The summed E-state index contributed by atoms with van der Waals surface area (Å²) in [6.45, 7) is 25.4. The number of piperazine rings is 1. The molecule has 3 aromatic rings. The van der Waals surface area contributed by atoms with E-state index in [1.807, 2.05) is 39.5 Å². The minimum atomic E-state index is -0.437. The number of H-pyrrole nitrogens is 1. The third-order valence-electron chi connectivity index (χ3n) is 8.78. The SMILES string of the molecule is CC.CC(C)Cc1ccc2[nH]nc(-c3cc(N4CCN(CCN5CC6(C5)CN(C(=O)OC(C)(C)C)C6)C(C)C4)ncn3)c2c1. The van der Waals surface area contributed by atoms with Crippen LogP contribution in [0.3, 0.4) is 0 Å². The third kappa shape index (κ3) is 7.18. The average Bonchev–Trinajstić information content (AvgIpc) is 3.35. The zero-order valence-corrected chi connectivity index (χ0v) is 28.1. The van der Waals surface area contributed by atoms with Crippen molar-refractivity contribution in [2.24, 2.45) is 11.3 Å². The number of amides is 1. The predicted octanol–water partition coefficient (Wildman–Crippen LogP) is 5.31. The zero-order chi connectivity index (χ0) is 31.6. The molecule has 5 heterocycles. The molecule has 0 saturated carbocycles. The van der Waals surface area contributed by atoms with Gasteiger partial charge >= 0.3 is 6.09 Å². The lowest BCUT2D eigenvalue weighted by molar-refractivity contribution is -0.114. The van der Waals surface area contributed by atoms with Gasteiger partial charge in [0.15, 0.2) is 0 Å². The molecule has 1 aromatic carbocycles. The lowest BCUT2D eigenvalue weighted by atomic mass is 9.73. The van der Waals surface area contributed by atoms with Gasteiger partial charge in [-0.1, -0.05) is 33.8 Å². The number of carbonyl (C=O) groups excluding carboxylic acids is 1. The maximum atomic E-state index is 12.3. The van der Waals surface area contributed by atoms with E-state index in [1.54, 1.807) is 6.33 Å². The first-order chi connectivity index (χ1) is 21.0. The van der Waals surface area contributed by atoms with E-state index >= 15 is 0 Å². The second-order valence-electron chi connectivity index (χ2n) is 14.2. The van der Waals surface area contributed by atoms with Crippen LogP contribution in [-0.4, -0.2) is 112 Å². The summed E-state index contributed by atoms with van der Waals surface area (Å²) in [6.07, 6.45) is 2.54. The quantitative estimate of drug-likeness (QED) is 0.388. The van der Waals surface area contributed by atoms with Gasteiger partial charge in [-0.25, -0.2) is 14.8 Å². The van der Waals surface area contributed by atoms with Gasteiger partial charge in [-0.15, -0.1) is 0 Å². The number of aromatic amines is 1. The molecule has 10 nitrogen and oxygen atoms in total. The lowest BCUT2D eigenvalue weighted by Gasteiger charge is -2.60. The number of ether oxygens (including phenoxy) is 1. The van der Waals surface area contributed by atoms with Crippen LogP contribution in [0.1, 0.15) is 61.0 Å². The maximum Gasteiger partial charge on any atom is 0.410 e. The first kappa shape index (κ1) is 32.2. The molecular weight excluding hydrogens is 552 g/mol. The number of nitrogens with one attached hydrogen (secondary N) is 1. The molecular formula is C34H52N8O2. The molecule has 2 aromatic heterocycles.